The summed E-state index contributed by atoms with van der Waals surface area (Å²) in [4.78, 5) is 22.3. The molecule has 0 fully saturated rings. The van der Waals surface area contributed by atoms with Gasteiger partial charge in [-0.1, -0.05) is 0 Å². The van der Waals surface area contributed by atoms with Crippen LogP contribution in [-0.4, -0.2) is 19.9 Å². The minimum absolute atomic E-state index is 0.0619. The second-order valence-corrected chi connectivity index (χ2v) is 4.88. The first-order valence-corrected chi connectivity index (χ1v) is 6.63. The van der Waals surface area contributed by atoms with E-state index in [1.807, 2.05) is 12.1 Å². The molecule has 0 amide bonds. The number of hydrogen-bond donors (Lipinski definition) is 3. The second-order valence-electron chi connectivity index (χ2n) is 3.99. The largest absolute Gasteiger partial charge is 0.334 e. The Kier molecular flexibility index (Phi) is 3.30. The van der Waals surface area contributed by atoms with Crippen molar-refractivity contribution in [3.05, 3.63) is 40.0 Å². The van der Waals surface area contributed by atoms with Crippen LogP contribution in [0.15, 0.2) is 29.9 Å². The summed E-state index contributed by atoms with van der Waals surface area (Å²) >= 11 is 1.48. The topological polar surface area (TPSA) is 132 Å². The van der Waals surface area contributed by atoms with Gasteiger partial charge in [0.05, 0.1) is 20.7 Å². The van der Waals surface area contributed by atoms with Crippen molar-refractivity contribution in [2.75, 3.05) is 10.7 Å². The van der Waals surface area contributed by atoms with Crippen LogP contribution in [0.25, 0.3) is 10.2 Å². The maximum absolute atomic E-state index is 11.0. The van der Waals surface area contributed by atoms with Gasteiger partial charge in [-0.25, -0.2) is 15.8 Å². The lowest BCUT2D eigenvalue weighted by Gasteiger charge is -2.07. The first kappa shape index (κ1) is 13.1. The van der Waals surface area contributed by atoms with Gasteiger partial charge in [-0.3, -0.25) is 15.5 Å². The van der Waals surface area contributed by atoms with Crippen LogP contribution in [0.2, 0.25) is 0 Å². The molecule has 106 valence electrons. The molecule has 0 saturated carbocycles. The van der Waals surface area contributed by atoms with Crippen LogP contribution in [0.1, 0.15) is 0 Å². The number of nitrogens with zero attached hydrogens (tertiary/aromatic N) is 4. The first-order chi connectivity index (χ1) is 10.2. The Morgan fingerprint density at radius 1 is 1.33 bits per heavy atom. The summed E-state index contributed by atoms with van der Waals surface area (Å²) in [6, 6.07) is 5.43. The average molecular weight is 303 g/mol. The normalized spacial score (nSPS) is 10.5. The summed E-state index contributed by atoms with van der Waals surface area (Å²) in [6.45, 7) is 0. The van der Waals surface area contributed by atoms with Gasteiger partial charge in [0.15, 0.2) is 0 Å². The number of nitrogen functional groups attached to an aromatic ring is 1. The Hall–Kier alpha value is -2.85. The molecule has 0 atom stereocenters. The van der Waals surface area contributed by atoms with Gasteiger partial charge in [-0.15, -0.1) is 11.3 Å². The van der Waals surface area contributed by atoms with Crippen molar-refractivity contribution in [2.24, 2.45) is 5.84 Å². The number of rotatable bonds is 4. The highest BCUT2D eigenvalue weighted by molar-refractivity contribution is 7.16. The molecule has 1 aromatic carbocycles. The van der Waals surface area contributed by atoms with Crippen molar-refractivity contribution < 1.29 is 4.92 Å². The third kappa shape index (κ3) is 2.57. The number of nitro groups is 1. The Balaban J connectivity index is 2.00. The molecule has 9 nitrogen and oxygen atoms in total. The van der Waals surface area contributed by atoms with E-state index in [-0.39, 0.29) is 17.5 Å². The molecule has 0 unspecified atom stereocenters. The van der Waals surface area contributed by atoms with Crippen LogP contribution in [0.4, 0.5) is 23.1 Å². The number of nitrogens with two attached hydrogens (primary N) is 1. The predicted octanol–water partition coefficient (Wildman–Crippen LogP) is 2.02. The Labute approximate surface area is 122 Å². The van der Waals surface area contributed by atoms with E-state index in [9.17, 15) is 10.1 Å². The molecule has 0 aliphatic carbocycles. The van der Waals surface area contributed by atoms with E-state index in [1.54, 1.807) is 11.6 Å². The summed E-state index contributed by atoms with van der Waals surface area (Å²) < 4.78 is 0.967. The smallest absolute Gasteiger partial charge is 0.329 e. The minimum atomic E-state index is -0.562. The van der Waals surface area contributed by atoms with Crippen molar-refractivity contribution in [1.29, 1.82) is 0 Å². The summed E-state index contributed by atoms with van der Waals surface area (Å²) in [5.74, 6) is 5.37. The standard InChI is InChI=1S/C11H9N7O2S/c12-17-11-13-4-8(18(19)20)10(16-11)15-6-1-2-7-9(3-6)21-5-14-7/h1-5H,12H2,(H2,13,15,16,17). The van der Waals surface area contributed by atoms with Crippen molar-refractivity contribution in [3.63, 3.8) is 0 Å². The predicted molar refractivity (Wildman–Crippen MR) is 79.4 cm³/mol. The summed E-state index contributed by atoms with van der Waals surface area (Å²) in [5, 5.41) is 13.9. The molecular formula is C11H9N7O2S. The molecular weight excluding hydrogens is 294 g/mol. The first-order valence-electron chi connectivity index (χ1n) is 5.75. The number of hydrazine groups is 1. The molecule has 0 spiro atoms. The lowest BCUT2D eigenvalue weighted by atomic mass is 10.3. The van der Waals surface area contributed by atoms with E-state index < -0.39 is 4.92 Å². The Morgan fingerprint density at radius 3 is 2.95 bits per heavy atom. The Bertz CT molecular complexity index is 819. The molecule has 0 bridgehead atoms. The van der Waals surface area contributed by atoms with Crippen LogP contribution >= 0.6 is 11.3 Å². The van der Waals surface area contributed by atoms with E-state index in [2.05, 4.69) is 25.7 Å². The van der Waals surface area contributed by atoms with Gasteiger partial charge in [-0.2, -0.15) is 4.98 Å². The number of nitrogens with one attached hydrogen (secondary N) is 2. The monoisotopic (exact) mass is 303 g/mol. The van der Waals surface area contributed by atoms with Crippen molar-refractivity contribution in [1.82, 2.24) is 15.0 Å². The fourth-order valence-corrected chi connectivity index (χ4v) is 2.46. The summed E-state index contributed by atoms with van der Waals surface area (Å²) in [5.41, 5.74) is 5.28. The molecule has 2 aromatic heterocycles. The highest BCUT2D eigenvalue weighted by Crippen LogP contribution is 2.28. The average Bonchev–Trinajstić information content (AvgIpc) is 2.94. The van der Waals surface area contributed by atoms with E-state index in [0.29, 0.717) is 5.69 Å². The van der Waals surface area contributed by atoms with E-state index >= 15 is 0 Å². The third-order valence-corrected chi connectivity index (χ3v) is 3.48. The van der Waals surface area contributed by atoms with E-state index in [1.165, 1.54) is 11.3 Å². The molecule has 0 aliphatic heterocycles. The summed E-state index contributed by atoms with van der Waals surface area (Å²) in [7, 11) is 0. The Morgan fingerprint density at radius 2 is 2.19 bits per heavy atom. The number of aromatic nitrogens is 3. The van der Waals surface area contributed by atoms with Crippen molar-refractivity contribution >= 4 is 44.7 Å². The van der Waals surface area contributed by atoms with Gasteiger partial charge >= 0.3 is 5.69 Å². The molecule has 4 N–H and O–H groups in total. The molecule has 3 aromatic rings. The van der Waals surface area contributed by atoms with Gasteiger partial charge in [0.1, 0.15) is 6.20 Å². The maximum atomic E-state index is 11.0. The minimum Gasteiger partial charge on any atom is -0.334 e. The highest BCUT2D eigenvalue weighted by Gasteiger charge is 2.17. The lowest BCUT2D eigenvalue weighted by Crippen LogP contribution is -2.12. The fraction of sp³-hybridized carbons (Fsp3) is 0. The summed E-state index contributed by atoms with van der Waals surface area (Å²) in [6.07, 6.45) is 1.09. The van der Waals surface area contributed by atoms with Crippen molar-refractivity contribution in [3.8, 4) is 0 Å². The molecule has 3 rings (SSSR count). The van der Waals surface area contributed by atoms with Crippen LogP contribution in [0.3, 0.4) is 0 Å². The zero-order valence-corrected chi connectivity index (χ0v) is 11.3. The van der Waals surface area contributed by atoms with Gasteiger partial charge in [-0.05, 0) is 18.2 Å². The van der Waals surface area contributed by atoms with Crippen molar-refractivity contribution in [2.45, 2.75) is 0 Å². The number of fused-ring (bicyclic) bond motifs is 1. The van der Waals surface area contributed by atoms with Gasteiger partial charge in [0.2, 0.25) is 11.8 Å². The lowest BCUT2D eigenvalue weighted by molar-refractivity contribution is -0.384. The SMILES string of the molecule is NNc1ncc([N+](=O)[O-])c(Nc2ccc3ncsc3c2)n1. The third-order valence-electron chi connectivity index (χ3n) is 2.69. The van der Waals surface area contributed by atoms with Crippen LogP contribution in [0, 0.1) is 10.1 Å². The van der Waals surface area contributed by atoms with E-state index in [0.717, 1.165) is 16.4 Å². The van der Waals surface area contributed by atoms with Crippen LogP contribution in [-0.2, 0) is 0 Å². The van der Waals surface area contributed by atoms with Gasteiger partial charge in [0.25, 0.3) is 0 Å². The molecule has 10 heteroatoms. The van der Waals surface area contributed by atoms with Gasteiger partial charge < -0.3 is 5.32 Å². The number of benzene rings is 1. The van der Waals surface area contributed by atoms with E-state index in [4.69, 9.17) is 5.84 Å². The van der Waals surface area contributed by atoms with Crippen LogP contribution < -0.4 is 16.6 Å². The fourth-order valence-electron chi connectivity index (χ4n) is 1.74. The molecule has 0 aliphatic rings. The highest BCUT2D eigenvalue weighted by atomic mass is 32.1. The number of thiazole rings is 1. The quantitative estimate of drug-likeness (QED) is 0.379. The number of hydrogen-bond acceptors (Lipinski definition) is 9. The zero-order valence-electron chi connectivity index (χ0n) is 10.5. The molecule has 2 heterocycles. The second kappa shape index (κ2) is 5.26. The van der Waals surface area contributed by atoms with Crippen LogP contribution in [0.5, 0.6) is 0 Å². The molecule has 0 radical (unpaired) electrons. The van der Waals surface area contributed by atoms with Gasteiger partial charge in [0, 0.05) is 5.69 Å². The molecule has 0 saturated heterocycles. The molecule has 21 heavy (non-hydrogen) atoms. The number of anilines is 3. The maximum Gasteiger partial charge on any atom is 0.329 e. The zero-order chi connectivity index (χ0) is 14.8.